The smallest absolute Gasteiger partial charge is 0.173 e. The van der Waals surface area contributed by atoms with Gasteiger partial charge < -0.3 is 10.2 Å². The van der Waals surface area contributed by atoms with E-state index in [4.69, 9.17) is 23.8 Å². The lowest BCUT2D eigenvalue weighted by Gasteiger charge is -2.34. The number of rotatable bonds is 3. The second-order valence-electron chi connectivity index (χ2n) is 6.03. The number of halogens is 1. The van der Waals surface area contributed by atoms with E-state index in [0.717, 1.165) is 29.8 Å². The van der Waals surface area contributed by atoms with Crippen molar-refractivity contribution >= 4 is 34.6 Å². The first-order valence-corrected chi connectivity index (χ1v) is 8.85. The highest BCUT2D eigenvalue weighted by Gasteiger charge is 2.21. The summed E-state index contributed by atoms with van der Waals surface area (Å²) in [7, 11) is 0. The van der Waals surface area contributed by atoms with Crippen LogP contribution >= 0.6 is 23.8 Å². The average molecular weight is 345 g/mol. The lowest BCUT2D eigenvalue weighted by molar-refractivity contribution is 0.268. The molecule has 0 atom stereocenters. The van der Waals surface area contributed by atoms with Gasteiger partial charge in [-0.1, -0.05) is 54.1 Å². The van der Waals surface area contributed by atoms with Crippen molar-refractivity contribution in [1.29, 1.82) is 0 Å². The molecule has 0 aliphatic carbocycles. The molecule has 1 saturated heterocycles. The summed E-state index contributed by atoms with van der Waals surface area (Å²) in [6.07, 6.45) is 3.53. The highest BCUT2D eigenvalue weighted by Crippen LogP contribution is 2.24. The maximum absolute atomic E-state index is 6.18. The Labute approximate surface area is 148 Å². The Hall–Kier alpha value is -1.58. The largest absolute Gasteiger partial charge is 0.349 e. The van der Waals surface area contributed by atoms with Crippen molar-refractivity contribution in [1.82, 2.24) is 4.90 Å². The van der Waals surface area contributed by atoms with Crippen molar-refractivity contribution in [2.75, 3.05) is 18.4 Å². The molecule has 0 bridgehead atoms. The Bertz CT molecular complexity index is 651. The van der Waals surface area contributed by atoms with E-state index in [1.54, 1.807) is 0 Å². The number of nitrogens with one attached hydrogen (secondary N) is 1. The first kappa shape index (κ1) is 16.3. The first-order valence-electron chi connectivity index (χ1n) is 8.07. The molecule has 1 heterocycles. The van der Waals surface area contributed by atoms with E-state index in [9.17, 15) is 0 Å². The minimum atomic E-state index is 0.703. The van der Waals surface area contributed by atoms with Gasteiger partial charge in [-0.25, -0.2) is 0 Å². The summed E-state index contributed by atoms with van der Waals surface area (Å²) in [4.78, 5) is 2.25. The Balaban J connectivity index is 1.50. The van der Waals surface area contributed by atoms with Crippen LogP contribution in [0.25, 0.3) is 0 Å². The molecule has 1 aliphatic heterocycles. The lowest BCUT2D eigenvalue weighted by atomic mass is 9.90. The molecule has 1 fully saturated rings. The molecule has 120 valence electrons. The van der Waals surface area contributed by atoms with Crippen LogP contribution in [-0.4, -0.2) is 23.1 Å². The number of likely N-dealkylation sites (tertiary alicyclic amines) is 1. The summed E-state index contributed by atoms with van der Waals surface area (Å²) in [6.45, 7) is 2.02. The van der Waals surface area contributed by atoms with Crippen molar-refractivity contribution in [3.8, 4) is 0 Å². The zero-order valence-electron chi connectivity index (χ0n) is 13.0. The van der Waals surface area contributed by atoms with Crippen molar-refractivity contribution in [3.63, 3.8) is 0 Å². The molecule has 0 unspecified atom stereocenters. The van der Waals surface area contributed by atoms with Gasteiger partial charge in [-0.15, -0.1) is 0 Å². The standard InChI is InChI=1S/C19H21ClN2S/c20-17-8-4-5-9-18(17)21-19(23)22-12-10-16(11-13-22)14-15-6-2-1-3-7-15/h1-9,16H,10-14H2,(H,21,23). The van der Waals surface area contributed by atoms with Crippen LogP contribution in [0.3, 0.4) is 0 Å². The molecule has 0 spiro atoms. The van der Waals surface area contributed by atoms with Gasteiger partial charge in [0.25, 0.3) is 0 Å². The summed E-state index contributed by atoms with van der Waals surface area (Å²) in [6, 6.07) is 18.5. The number of hydrogen-bond donors (Lipinski definition) is 1. The number of hydrogen-bond acceptors (Lipinski definition) is 1. The van der Waals surface area contributed by atoms with Gasteiger partial charge in [-0.05, 0) is 55.1 Å². The van der Waals surface area contributed by atoms with E-state index >= 15 is 0 Å². The van der Waals surface area contributed by atoms with Crippen LogP contribution in [0.1, 0.15) is 18.4 Å². The van der Waals surface area contributed by atoms with E-state index in [1.807, 2.05) is 24.3 Å². The molecule has 0 radical (unpaired) electrons. The van der Waals surface area contributed by atoms with E-state index in [2.05, 4.69) is 40.5 Å². The van der Waals surface area contributed by atoms with Crippen molar-refractivity contribution < 1.29 is 0 Å². The molecule has 0 amide bonds. The summed E-state index contributed by atoms with van der Waals surface area (Å²) >= 11 is 11.7. The Morgan fingerprint density at radius 3 is 2.39 bits per heavy atom. The average Bonchev–Trinajstić information content (AvgIpc) is 2.58. The van der Waals surface area contributed by atoms with E-state index < -0.39 is 0 Å². The third kappa shape index (κ3) is 4.46. The van der Waals surface area contributed by atoms with E-state index in [-0.39, 0.29) is 0 Å². The highest BCUT2D eigenvalue weighted by atomic mass is 35.5. The number of benzene rings is 2. The van der Waals surface area contributed by atoms with Gasteiger partial charge in [0.05, 0.1) is 10.7 Å². The third-order valence-electron chi connectivity index (χ3n) is 4.38. The van der Waals surface area contributed by atoms with Gasteiger partial charge in [0, 0.05) is 13.1 Å². The maximum Gasteiger partial charge on any atom is 0.173 e. The normalized spacial score (nSPS) is 15.4. The van der Waals surface area contributed by atoms with Crippen LogP contribution in [0.2, 0.25) is 5.02 Å². The minimum Gasteiger partial charge on any atom is -0.349 e. The SMILES string of the molecule is S=C(Nc1ccccc1Cl)N1CCC(Cc2ccccc2)CC1. The molecule has 23 heavy (non-hydrogen) atoms. The van der Waals surface area contributed by atoms with Crippen LogP contribution in [0, 0.1) is 5.92 Å². The van der Waals surface area contributed by atoms with Crippen LogP contribution < -0.4 is 5.32 Å². The van der Waals surface area contributed by atoms with Gasteiger partial charge in [0.15, 0.2) is 5.11 Å². The number of nitrogens with zero attached hydrogens (tertiary/aromatic N) is 1. The molecule has 4 heteroatoms. The molecule has 3 rings (SSSR count). The van der Waals surface area contributed by atoms with E-state index in [0.29, 0.717) is 5.02 Å². The molecule has 0 saturated carbocycles. The fourth-order valence-corrected chi connectivity index (χ4v) is 3.52. The monoisotopic (exact) mass is 344 g/mol. The lowest BCUT2D eigenvalue weighted by Crippen LogP contribution is -2.41. The minimum absolute atomic E-state index is 0.703. The molecule has 1 aliphatic rings. The molecule has 2 nitrogen and oxygen atoms in total. The number of anilines is 1. The summed E-state index contributed by atoms with van der Waals surface area (Å²) < 4.78 is 0. The molecule has 0 aromatic heterocycles. The quantitative estimate of drug-likeness (QED) is 0.789. The molecule has 2 aromatic rings. The predicted molar refractivity (Wildman–Crippen MR) is 102 cm³/mol. The highest BCUT2D eigenvalue weighted by molar-refractivity contribution is 7.80. The second-order valence-corrected chi connectivity index (χ2v) is 6.82. The van der Waals surface area contributed by atoms with Crippen LogP contribution in [0.15, 0.2) is 54.6 Å². The zero-order valence-corrected chi connectivity index (χ0v) is 14.6. The van der Waals surface area contributed by atoms with Crippen molar-refractivity contribution in [3.05, 3.63) is 65.2 Å². The van der Waals surface area contributed by atoms with Crippen LogP contribution in [0.5, 0.6) is 0 Å². The Morgan fingerprint density at radius 1 is 1.04 bits per heavy atom. The zero-order chi connectivity index (χ0) is 16.1. The molecule has 1 N–H and O–H groups in total. The predicted octanol–water partition coefficient (Wildman–Crippen LogP) is 4.99. The molecular weight excluding hydrogens is 324 g/mol. The van der Waals surface area contributed by atoms with Crippen LogP contribution in [-0.2, 0) is 6.42 Å². The molecular formula is C19H21ClN2S. The topological polar surface area (TPSA) is 15.3 Å². The number of thiocarbonyl (C=S) groups is 1. The Morgan fingerprint density at radius 2 is 1.70 bits per heavy atom. The number of piperidine rings is 1. The summed E-state index contributed by atoms with van der Waals surface area (Å²) in [5.41, 5.74) is 2.31. The van der Waals surface area contributed by atoms with Gasteiger partial charge in [0.1, 0.15) is 0 Å². The van der Waals surface area contributed by atoms with Gasteiger partial charge in [0.2, 0.25) is 0 Å². The van der Waals surface area contributed by atoms with Crippen LogP contribution in [0.4, 0.5) is 5.69 Å². The first-order chi connectivity index (χ1) is 11.2. The van der Waals surface area contributed by atoms with Crippen molar-refractivity contribution in [2.45, 2.75) is 19.3 Å². The van der Waals surface area contributed by atoms with E-state index in [1.165, 1.54) is 24.8 Å². The van der Waals surface area contributed by atoms with Gasteiger partial charge in [-0.3, -0.25) is 0 Å². The molecule has 2 aromatic carbocycles. The Kier molecular flexibility index (Phi) is 5.52. The third-order valence-corrected chi connectivity index (χ3v) is 5.07. The van der Waals surface area contributed by atoms with Gasteiger partial charge >= 0.3 is 0 Å². The number of para-hydroxylation sites is 1. The van der Waals surface area contributed by atoms with Crippen molar-refractivity contribution in [2.24, 2.45) is 5.92 Å². The fraction of sp³-hybridized carbons (Fsp3) is 0.316. The fourth-order valence-electron chi connectivity index (χ4n) is 3.04. The van der Waals surface area contributed by atoms with Gasteiger partial charge in [-0.2, -0.15) is 0 Å². The second kappa shape index (κ2) is 7.80. The summed E-state index contributed by atoms with van der Waals surface area (Å²) in [5, 5.41) is 4.75. The summed E-state index contributed by atoms with van der Waals surface area (Å²) in [5.74, 6) is 0.747. The maximum atomic E-state index is 6.18.